The molecular formula is C25H25N3O3. The Morgan fingerprint density at radius 1 is 1.06 bits per heavy atom. The summed E-state index contributed by atoms with van der Waals surface area (Å²) in [5, 5.41) is 10.6. The van der Waals surface area contributed by atoms with Gasteiger partial charge in [-0.1, -0.05) is 48.6 Å². The number of hydrogen-bond acceptors (Lipinski definition) is 4. The topological polar surface area (TPSA) is 76.2 Å². The van der Waals surface area contributed by atoms with Gasteiger partial charge in [-0.15, -0.1) is 0 Å². The highest BCUT2D eigenvalue weighted by Crippen LogP contribution is 2.44. The quantitative estimate of drug-likeness (QED) is 0.628. The van der Waals surface area contributed by atoms with Crippen molar-refractivity contribution in [2.24, 2.45) is 5.92 Å². The van der Waals surface area contributed by atoms with Gasteiger partial charge in [0.1, 0.15) is 0 Å². The molecule has 2 aliphatic carbocycles. The summed E-state index contributed by atoms with van der Waals surface area (Å²) < 4.78 is 11.0. The number of nitrogens with one attached hydrogen (secondary N) is 2. The number of carbonyl (C=O) groups is 1. The van der Waals surface area contributed by atoms with Crippen LogP contribution in [0.3, 0.4) is 0 Å². The molecule has 0 radical (unpaired) electrons. The first-order chi connectivity index (χ1) is 15.1. The fourth-order valence-corrected chi connectivity index (χ4v) is 4.34. The molecule has 1 fully saturated rings. The zero-order valence-electron chi connectivity index (χ0n) is 17.6. The maximum absolute atomic E-state index is 12.2. The number of aromatic nitrogens is 2. The Kier molecular flexibility index (Phi) is 4.77. The Hall–Kier alpha value is -3.54. The smallest absolute Gasteiger partial charge is 0.228 e. The zero-order chi connectivity index (χ0) is 21.4. The Labute approximate surface area is 181 Å². The van der Waals surface area contributed by atoms with E-state index in [1.807, 2.05) is 18.2 Å². The Bertz CT molecular complexity index is 1150. The summed E-state index contributed by atoms with van der Waals surface area (Å²) in [5.41, 5.74) is 3.80. The lowest BCUT2D eigenvalue weighted by Gasteiger charge is -2.34. The lowest BCUT2D eigenvalue weighted by Crippen LogP contribution is -2.30. The molecule has 0 saturated heterocycles. The van der Waals surface area contributed by atoms with Crippen molar-refractivity contribution in [3.05, 3.63) is 77.0 Å². The van der Waals surface area contributed by atoms with E-state index in [1.54, 1.807) is 14.2 Å². The normalized spacial score (nSPS) is 19.5. The summed E-state index contributed by atoms with van der Waals surface area (Å²) in [7, 11) is 3.29. The van der Waals surface area contributed by atoms with Gasteiger partial charge in [0.05, 0.1) is 14.2 Å². The number of amides is 1. The van der Waals surface area contributed by atoms with E-state index in [1.165, 1.54) is 5.56 Å². The summed E-state index contributed by atoms with van der Waals surface area (Å²) in [6.45, 7) is 0. The molecule has 6 nitrogen and oxygen atoms in total. The minimum absolute atomic E-state index is 0.0579. The Morgan fingerprint density at radius 2 is 1.84 bits per heavy atom. The van der Waals surface area contributed by atoms with Crippen LogP contribution in [0.15, 0.2) is 54.6 Å². The molecule has 1 unspecified atom stereocenters. The number of H-pyrrole nitrogens is 1. The van der Waals surface area contributed by atoms with Crippen LogP contribution < -0.4 is 14.8 Å². The monoisotopic (exact) mass is 415 g/mol. The fraction of sp³-hybridized carbons (Fsp3) is 0.280. The molecule has 1 saturated carbocycles. The number of carbonyl (C=O) groups excluding carboxylic acids is 1. The van der Waals surface area contributed by atoms with Crippen molar-refractivity contribution in [3.8, 4) is 11.5 Å². The SMILES string of the molecule is COc1ccc(C2(c3ccccc3)C=Cc3c(NC(=O)C4CC4)n[nH]c3C2)cc1OC. The van der Waals surface area contributed by atoms with Crippen LogP contribution in [0.5, 0.6) is 11.5 Å². The van der Waals surface area contributed by atoms with Crippen molar-refractivity contribution in [1.82, 2.24) is 10.2 Å². The Balaban J connectivity index is 1.58. The predicted octanol–water partition coefficient (Wildman–Crippen LogP) is 4.33. The molecule has 2 aromatic carbocycles. The fourth-order valence-electron chi connectivity index (χ4n) is 4.34. The second-order valence-corrected chi connectivity index (χ2v) is 8.15. The molecule has 2 aliphatic rings. The number of methoxy groups -OCH3 is 2. The number of aromatic amines is 1. The largest absolute Gasteiger partial charge is 0.493 e. The second-order valence-electron chi connectivity index (χ2n) is 8.15. The van der Waals surface area contributed by atoms with E-state index in [9.17, 15) is 4.79 Å². The van der Waals surface area contributed by atoms with Crippen molar-refractivity contribution in [2.45, 2.75) is 24.7 Å². The molecule has 1 heterocycles. The van der Waals surface area contributed by atoms with Crippen molar-refractivity contribution < 1.29 is 14.3 Å². The zero-order valence-corrected chi connectivity index (χ0v) is 17.6. The highest BCUT2D eigenvalue weighted by atomic mass is 16.5. The third kappa shape index (κ3) is 3.38. The summed E-state index contributed by atoms with van der Waals surface area (Å²) in [4.78, 5) is 12.2. The van der Waals surface area contributed by atoms with Gasteiger partial charge < -0.3 is 14.8 Å². The number of nitrogens with zero attached hydrogens (tertiary/aromatic N) is 1. The first-order valence-electron chi connectivity index (χ1n) is 10.5. The molecule has 158 valence electrons. The maximum atomic E-state index is 12.2. The van der Waals surface area contributed by atoms with E-state index in [0.29, 0.717) is 23.7 Å². The molecule has 1 atom stereocenters. The highest BCUT2D eigenvalue weighted by Gasteiger charge is 2.38. The summed E-state index contributed by atoms with van der Waals surface area (Å²) in [6.07, 6.45) is 6.88. The van der Waals surface area contributed by atoms with Crippen LogP contribution >= 0.6 is 0 Å². The van der Waals surface area contributed by atoms with Gasteiger partial charge in [0.2, 0.25) is 5.91 Å². The molecule has 6 heteroatoms. The Morgan fingerprint density at radius 3 is 2.55 bits per heavy atom. The van der Waals surface area contributed by atoms with E-state index >= 15 is 0 Å². The van der Waals surface area contributed by atoms with Crippen molar-refractivity contribution in [2.75, 3.05) is 19.5 Å². The van der Waals surface area contributed by atoms with Gasteiger partial charge in [-0.3, -0.25) is 9.89 Å². The van der Waals surface area contributed by atoms with E-state index in [2.05, 4.69) is 58.0 Å². The van der Waals surface area contributed by atoms with Gasteiger partial charge in [-0.05, 0) is 36.1 Å². The molecule has 0 aliphatic heterocycles. The summed E-state index contributed by atoms with van der Waals surface area (Å²) in [5.74, 6) is 2.19. The van der Waals surface area contributed by atoms with Crippen molar-refractivity contribution in [3.63, 3.8) is 0 Å². The number of hydrogen-bond donors (Lipinski definition) is 2. The van der Waals surface area contributed by atoms with E-state index in [0.717, 1.165) is 29.7 Å². The number of anilines is 1. The molecule has 1 aromatic heterocycles. The van der Waals surface area contributed by atoms with Crippen LogP contribution in [-0.2, 0) is 16.6 Å². The lowest BCUT2D eigenvalue weighted by atomic mass is 9.68. The second kappa shape index (κ2) is 7.61. The third-order valence-corrected chi connectivity index (χ3v) is 6.25. The van der Waals surface area contributed by atoms with Gasteiger partial charge in [0, 0.05) is 29.0 Å². The number of rotatable bonds is 6. The first-order valence-corrected chi connectivity index (χ1v) is 10.5. The first kappa shape index (κ1) is 19.4. The van der Waals surface area contributed by atoms with Crippen molar-refractivity contribution >= 4 is 17.8 Å². The van der Waals surface area contributed by atoms with Crippen LogP contribution in [0.25, 0.3) is 6.08 Å². The van der Waals surface area contributed by atoms with Crippen LogP contribution in [0, 0.1) is 5.92 Å². The van der Waals surface area contributed by atoms with Gasteiger partial charge in [0.15, 0.2) is 17.3 Å². The molecule has 0 spiro atoms. The molecule has 2 N–H and O–H groups in total. The minimum atomic E-state index is -0.405. The molecule has 5 rings (SSSR count). The molecule has 3 aromatic rings. The number of fused-ring (bicyclic) bond motifs is 1. The number of benzene rings is 2. The molecule has 0 bridgehead atoms. The summed E-state index contributed by atoms with van der Waals surface area (Å²) in [6, 6.07) is 16.5. The average molecular weight is 415 g/mol. The molecule has 1 amide bonds. The maximum Gasteiger partial charge on any atom is 0.228 e. The van der Waals surface area contributed by atoms with Crippen LogP contribution in [-0.4, -0.2) is 30.3 Å². The highest BCUT2D eigenvalue weighted by molar-refractivity contribution is 5.95. The standard InChI is InChI=1S/C25H25N3O3/c1-30-21-11-10-18(14-22(21)31-2)25(17-6-4-3-5-7-17)13-12-19-20(15-25)27-28-23(19)26-24(29)16-8-9-16/h3-7,10-14,16H,8-9,15H2,1-2H3,(H2,26,27,28,29). The van der Waals surface area contributed by atoms with Crippen LogP contribution in [0.1, 0.15) is 35.2 Å². The summed E-state index contributed by atoms with van der Waals surface area (Å²) >= 11 is 0. The van der Waals surface area contributed by atoms with E-state index < -0.39 is 5.41 Å². The van der Waals surface area contributed by atoms with E-state index in [4.69, 9.17) is 9.47 Å². The van der Waals surface area contributed by atoms with Crippen LogP contribution in [0.2, 0.25) is 0 Å². The van der Waals surface area contributed by atoms with Gasteiger partial charge >= 0.3 is 0 Å². The van der Waals surface area contributed by atoms with Gasteiger partial charge in [-0.2, -0.15) is 5.10 Å². The lowest BCUT2D eigenvalue weighted by molar-refractivity contribution is -0.117. The minimum Gasteiger partial charge on any atom is -0.493 e. The van der Waals surface area contributed by atoms with Crippen molar-refractivity contribution in [1.29, 1.82) is 0 Å². The predicted molar refractivity (Wildman–Crippen MR) is 119 cm³/mol. The number of ether oxygens (including phenoxy) is 2. The average Bonchev–Trinajstić information content (AvgIpc) is 3.61. The van der Waals surface area contributed by atoms with E-state index in [-0.39, 0.29) is 11.8 Å². The molecule has 31 heavy (non-hydrogen) atoms. The molecular weight excluding hydrogens is 390 g/mol. The van der Waals surface area contributed by atoms with Crippen LogP contribution in [0.4, 0.5) is 5.82 Å². The number of allylic oxidation sites excluding steroid dienone is 1. The third-order valence-electron chi connectivity index (χ3n) is 6.25. The van der Waals surface area contributed by atoms with Gasteiger partial charge in [0.25, 0.3) is 0 Å². The van der Waals surface area contributed by atoms with Gasteiger partial charge in [-0.25, -0.2) is 0 Å².